The van der Waals surface area contributed by atoms with Gasteiger partial charge in [-0.15, -0.1) is 0 Å². The number of aliphatic carboxylic acids is 1. The molecule has 39 heavy (non-hydrogen) atoms. The Labute approximate surface area is 226 Å². The zero-order chi connectivity index (χ0) is 27.9. The molecule has 0 spiro atoms. The fourth-order valence-corrected chi connectivity index (χ4v) is 6.15. The molecular weight excluding hydrogens is 494 g/mol. The fraction of sp³-hybridized carbons (Fsp3) is 0.290. The Kier molecular flexibility index (Phi) is 6.71. The number of aromatic hydroxyl groups is 1. The number of benzene rings is 3. The molecule has 8 heteroatoms. The highest BCUT2D eigenvalue weighted by Gasteiger charge is 2.68. The van der Waals surface area contributed by atoms with E-state index < -0.39 is 41.2 Å². The average Bonchev–Trinajstić information content (AvgIpc) is 3.43. The highest BCUT2D eigenvalue weighted by Crippen LogP contribution is 2.51. The first kappa shape index (κ1) is 26.1. The van der Waals surface area contributed by atoms with Crippen molar-refractivity contribution in [3.8, 4) is 11.8 Å². The van der Waals surface area contributed by atoms with Gasteiger partial charge in [-0.3, -0.25) is 19.7 Å². The van der Waals surface area contributed by atoms with Crippen LogP contribution in [-0.2, 0) is 33.6 Å². The predicted molar refractivity (Wildman–Crippen MR) is 144 cm³/mol. The van der Waals surface area contributed by atoms with Crippen molar-refractivity contribution in [2.24, 2.45) is 11.8 Å². The van der Waals surface area contributed by atoms with Gasteiger partial charge in [0.25, 0.3) is 0 Å². The molecule has 2 fully saturated rings. The summed E-state index contributed by atoms with van der Waals surface area (Å²) >= 11 is 0. The number of para-hydroxylation sites is 1. The number of amides is 2. The molecule has 8 nitrogen and oxygen atoms in total. The summed E-state index contributed by atoms with van der Waals surface area (Å²) in [7, 11) is 0. The Morgan fingerprint density at radius 2 is 1.59 bits per heavy atom. The molecule has 4 unspecified atom stereocenters. The first-order chi connectivity index (χ1) is 18.7. The molecular formula is C31H29N3O5. The van der Waals surface area contributed by atoms with Gasteiger partial charge in [0.1, 0.15) is 11.3 Å². The first-order valence-electron chi connectivity index (χ1n) is 13.0. The van der Waals surface area contributed by atoms with Crippen LogP contribution in [-0.4, -0.2) is 33.5 Å². The molecule has 198 valence electrons. The Morgan fingerprint density at radius 3 is 2.13 bits per heavy atom. The zero-order valence-corrected chi connectivity index (χ0v) is 21.7. The van der Waals surface area contributed by atoms with E-state index in [1.807, 2.05) is 32.0 Å². The van der Waals surface area contributed by atoms with Crippen LogP contribution in [0.15, 0.2) is 66.7 Å². The minimum Gasteiger partial charge on any atom is -0.508 e. The summed E-state index contributed by atoms with van der Waals surface area (Å²) < 4.78 is 0. The van der Waals surface area contributed by atoms with Crippen molar-refractivity contribution < 1.29 is 24.6 Å². The van der Waals surface area contributed by atoms with Crippen molar-refractivity contribution in [1.82, 2.24) is 5.32 Å². The van der Waals surface area contributed by atoms with Gasteiger partial charge in [0, 0.05) is 12.5 Å². The molecule has 2 aliphatic rings. The smallest absolute Gasteiger partial charge is 0.325 e. The van der Waals surface area contributed by atoms with E-state index in [1.54, 1.807) is 36.4 Å². The summed E-state index contributed by atoms with van der Waals surface area (Å²) in [5, 5.41) is 32.9. The summed E-state index contributed by atoms with van der Waals surface area (Å²) in [6.07, 6.45) is 1.13. The molecule has 0 saturated carbocycles. The molecule has 4 atom stereocenters. The Hall–Kier alpha value is -4.48. The summed E-state index contributed by atoms with van der Waals surface area (Å²) in [4.78, 5) is 42.9. The molecule has 0 bridgehead atoms. The Balaban J connectivity index is 1.69. The largest absolute Gasteiger partial charge is 0.508 e. The Bertz CT molecular complexity index is 1470. The van der Waals surface area contributed by atoms with Crippen LogP contribution >= 0.6 is 0 Å². The van der Waals surface area contributed by atoms with Crippen molar-refractivity contribution in [2.75, 3.05) is 4.90 Å². The number of nitriles is 1. The lowest BCUT2D eigenvalue weighted by Gasteiger charge is -2.32. The number of anilines is 1. The fourth-order valence-electron chi connectivity index (χ4n) is 6.15. The van der Waals surface area contributed by atoms with Crippen LogP contribution in [0.25, 0.3) is 0 Å². The molecule has 2 aliphatic heterocycles. The van der Waals surface area contributed by atoms with E-state index in [0.717, 1.165) is 11.1 Å². The number of nitrogens with one attached hydrogen (secondary N) is 1. The van der Waals surface area contributed by atoms with Gasteiger partial charge in [0.05, 0.1) is 29.2 Å². The van der Waals surface area contributed by atoms with E-state index in [-0.39, 0.29) is 12.2 Å². The number of phenolic OH excluding ortho intramolecular Hbond substituents is 1. The third-order valence-corrected chi connectivity index (χ3v) is 8.04. The number of carbonyl (C=O) groups is 3. The first-order valence-corrected chi connectivity index (χ1v) is 13.0. The number of carbonyl (C=O) groups excluding carboxylic acids is 2. The molecule has 0 aromatic heterocycles. The molecule has 5 rings (SSSR count). The number of hydrogen-bond acceptors (Lipinski definition) is 6. The van der Waals surface area contributed by atoms with Crippen molar-refractivity contribution in [3.05, 3.63) is 94.5 Å². The normalized spacial score (nSPS) is 24.0. The lowest BCUT2D eigenvalue weighted by atomic mass is 9.76. The SMILES string of the molecule is CCc1cccc(CC)c1N1C(=O)C2C(c3ccc(C#N)cc3)NC(Cc3ccc(O)cc3)(C(=O)O)C2C1=O. The lowest BCUT2D eigenvalue weighted by molar-refractivity contribution is -0.148. The predicted octanol–water partition coefficient (Wildman–Crippen LogP) is 3.90. The highest BCUT2D eigenvalue weighted by atomic mass is 16.4. The number of carboxylic acid groups (broad SMARTS) is 1. The molecule has 3 aromatic carbocycles. The van der Waals surface area contributed by atoms with Gasteiger partial charge in [0.2, 0.25) is 11.8 Å². The van der Waals surface area contributed by atoms with Crippen LogP contribution in [0.5, 0.6) is 5.75 Å². The van der Waals surface area contributed by atoms with E-state index in [9.17, 15) is 29.9 Å². The maximum absolute atomic E-state index is 14.3. The van der Waals surface area contributed by atoms with Gasteiger partial charge in [-0.1, -0.05) is 56.3 Å². The average molecular weight is 524 g/mol. The second-order valence-electron chi connectivity index (χ2n) is 10.1. The van der Waals surface area contributed by atoms with E-state index >= 15 is 0 Å². The van der Waals surface area contributed by atoms with E-state index in [4.69, 9.17) is 0 Å². The summed E-state index contributed by atoms with van der Waals surface area (Å²) in [5.41, 5.74) is 2.12. The van der Waals surface area contributed by atoms with E-state index in [2.05, 4.69) is 11.4 Å². The van der Waals surface area contributed by atoms with Crippen molar-refractivity contribution in [2.45, 2.75) is 44.7 Å². The maximum atomic E-state index is 14.3. The summed E-state index contributed by atoms with van der Waals surface area (Å²) in [6, 6.07) is 19.8. The summed E-state index contributed by atoms with van der Waals surface area (Å²) in [6.45, 7) is 3.91. The van der Waals surface area contributed by atoms with Crippen LogP contribution in [0, 0.1) is 23.2 Å². The monoisotopic (exact) mass is 523 g/mol. The lowest BCUT2D eigenvalue weighted by Crippen LogP contribution is -2.57. The zero-order valence-electron chi connectivity index (χ0n) is 21.7. The maximum Gasteiger partial charge on any atom is 0.325 e. The molecule has 3 aromatic rings. The van der Waals surface area contributed by atoms with Crippen LogP contribution < -0.4 is 10.2 Å². The number of hydrogen-bond donors (Lipinski definition) is 3. The highest BCUT2D eigenvalue weighted by molar-refractivity contribution is 6.25. The second kappa shape index (κ2) is 10.0. The third kappa shape index (κ3) is 4.16. The van der Waals surface area contributed by atoms with Gasteiger partial charge in [0.15, 0.2) is 0 Å². The topological polar surface area (TPSA) is 131 Å². The van der Waals surface area contributed by atoms with Gasteiger partial charge in [-0.2, -0.15) is 5.26 Å². The van der Waals surface area contributed by atoms with Gasteiger partial charge in [-0.05, 0) is 59.4 Å². The van der Waals surface area contributed by atoms with Crippen LogP contribution in [0.1, 0.15) is 47.7 Å². The van der Waals surface area contributed by atoms with Crippen LogP contribution in [0.4, 0.5) is 5.69 Å². The molecule has 2 saturated heterocycles. The third-order valence-electron chi connectivity index (χ3n) is 8.04. The van der Waals surface area contributed by atoms with Gasteiger partial charge < -0.3 is 10.2 Å². The summed E-state index contributed by atoms with van der Waals surface area (Å²) in [5.74, 6) is -4.30. The van der Waals surface area contributed by atoms with Crippen molar-refractivity contribution >= 4 is 23.5 Å². The molecule has 3 N–H and O–H groups in total. The van der Waals surface area contributed by atoms with Crippen LogP contribution in [0.3, 0.4) is 0 Å². The molecule has 0 aliphatic carbocycles. The number of imide groups is 1. The minimum atomic E-state index is -1.78. The van der Waals surface area contributed by atoms with E-state index in [0.29, 0.717) is 35.2 Å². The van der Waals surface area contributed by atoms with Gasteiger partial charge >= 0.3 is 5.97 Å². The van der Waals surface area contributed by atoms with Crippen LogP contribution in [0.2, 0.25) is 0 Å². The second-order valence-corrected chi connectivity index (χ2v) is 10.1. The van der Waals surface area contributed by atoms with Crippen molar-refractivity contribution in [1.29, 1.82) is 5.26 Å². The molecule has 2 heterocycles. The number of rotatable bonds is 7. The van der Waals surface area contributed by atoms with E-state index in [1.165, 1.54) is 17.0 Å². The van der Waals surface area contributed by atoms with Gasteiger partial charge in [-0.25, -0.2) is 4.90 Å². The number of fused-ring (bicyclic) bond motifs is 1. The number of aryl methyl sites for hydroxylation is 2. The number of carboxylic acids is 1. The molecule has 2 amide bonds. The molecule has 0 radical (unpaired) electrons. The number of nitrogens with zero attached hydrogens (tertiary/aromatic N) is 2. The number of phenols is 1. The minimum absolute atomic E-state index is 0.0393. The standard InChI is InChI=1S/C31H29N3O5/c1-3-20-6-5-7-21(4-2)27(20)34-28(36)24-25(29(34)37)31(30(38)39,16-18-10-14-23(35)15-11-18)33-26(24)22-12-8-19(17-32)9-13-22/h5-15,24-26,33,35H,3-4,16H2,1-2H3,(H,38,39). The van der Waals surface area contributed by atoms with Crippen molar-refractivity contribution in [3.63, 3.8) is 0 Å². The Morgan fingerprint density at radius 1 is 0.974 bits per heavy atom. The quantitative estimate of drug-likeness (QED) is 0.400.